The molecule has 1 aromatic rings. The smallest absolute Gasteiger partial charge is 0.252 e. The molecule has 0 fully saturated rings. The molecule has 1 amide bonds. The molecule has 0 saturated carbocycles. The molecule has 100 valence electrons. The Kier molecular flexibility index (Phi) is 4.82. The van der Waals surface area contributed by atoms with Crippen molar-refractivity contribution in [1.82, 2.24) is 5.32 Å². The maximum Gasteiger partial charge on any atom is 0.252 e. The Bertz CT molecular complexity index is 542. The van der Waals surface area contributed by atoms with Gasteiger partial charge in [0.2, 0.25) is 0 Å². The Morgan fingerprint density at radius 2 is 1.95 bits per heavy atom. The van der Waals surface area contributed by atoms with E-state index in [9.17, 15) is 9.59 Å². The van der Waals surface area contributed by atoms with Crippen molar-refractivity contribution in [2.45, 2.75) is 33.7 Å². The van der Waals surface area contributed by atoms with Gasteiger partial charge in [0.1, 0.15) is 6.04 Å². The van der Waals surface area contributed by atoms with Crippen LogP contribution in [0.4, 0.5) is 0 Å². The van der Waals surface area contributed by atoms with E-state index < -0.39 is 6.04 Å². The number of hydrogen-bond donors (Lipinski definition) is 1. The number of nitriles is 1. The number of Topliss-reactive ketones (excluding diaryl/α,β-unsaturated/α-hetero) is 1. The monoisotopic (exact) mass is 258 g/mol. The first-order valence-electron chi connectivity index (χ1n) is 6.19. The summed E-state index contributed by atoms with van der Waals surface area (Å²) < 4.78 is 0. The SMILES string of the molecule is CC(=O)c1cc(C(=O)N[C@@H](C#N)C(C)C)ccc1C. The van der Waals surface area contributed by atoms with E-state index in [0.717, 1.165) is 5.56 Å². The summed E-state index contributed by atoms with van der Waals surface area (Å²) in [4.78, 5) is 23.5. The molecule has 1 rings (SSSR count). The number of aryl methyl sites for hydroxylation is 1. The molecule has 0 bridgehead atoms. The summed E-state index contributed by atoms with van der Waals surface area (Å²) in [5.74, 6) is -0.373. The van der Waals surface area contributed by atoms with Gasteiger partial charge in [0.05, 0.1) is 6.07 Å². The molecule has 0 unspecified atom stereocenters. The summed E-state index contributed by atoms with van der Waals surface area (Å²) in [6, 6.07) is 6.49. The first kappa shape index (κ1) is 14.9. The normalized spacial score (nSPS) is 11.8. The maximum absolute atomic E-state index is 12.0. The second-order valence-electron chi connectivity index (χ2n) is 4.91. The quantitative estimate of drug-likeness (QED) is 0.843. The van der Waals surface area contributed by atoms with Gasteiger partial charge in [0.15, 0.2) is 5.78 Å². The minimum atomic E-state index is -0.533. The number of ketones is 1. The van der Waals surface area contributed by atoms with Crippen molar-refractivity contribution in [3.63, 3.8) is 0 Å². The van der Waals surface area contributed by atoms with Crippen LogP contribution in [0.2, 0.25) is 0 Å². The molecule has 4 nitrogen and oxygen atoms in total. The molecule has 19 heavy (non-hydrogen) atoms. The van der Waals surface area contributed by atoms with Crippen molar-refractivity contribution < 1.29 is 9.59 Å². The second-order valence-corrected chi connectivity index (χ2v) is 4.91. The van der Waals surface area contributed by atoms with Gasteiger partial charge >= 0.3 is 0 Å². The van der Waals surface area contributed by atoms with Crippen LogP contribution in [0.3, 0.4) is 0 Å². The maximum atomic E-state index is 12.0. The molecule has 1 atom stereocenters. The molecule has 1 aromatic carbocycles. The topological polar surface area (TPSA) is 70.0 Å². The average Bonchev–Trinajstić information content (AvgIpc) is 2.35. The van der Waals surface area contributed by atoms with E-state index in [1.165, 1.54) is 6.92 Å². The van der Waals surface area contributed by atoms with Gasteiger partial charge in [-0.25, -0.2) is 0 Å². The Balaban J connectivity index is 2.98. The molecule has 0 aliphatic heterocycles. The zero-order valence-electron chi connectivity index (χ0n) is 11.7. The van der Waals surface area contributed by atoms with Crippen LogP contribution in [0.15, 0.2) is 18.2 Å². The summed E-state index contributed by atoms with van der Waals surface area (Å²) in [6.07, 6.45) is 0. The van der Waals surface area contributed by atoms with E-state index >= 15 is 0 Å². The van der Waals surface area contributed by atoms with Gasteiger partial charge in [-0.05, 0) is 37.5 Å². The fourth-order valence-electron chi connectivity index (χ4n) is 1.72. The lowest BCUT2D eigenvalue weighted by Crippen LogP contribution is -2.37. The molecule has 0 aliphatic carbocycles. The predicted molar refractivity (Wildman–Crippen MR) is 72.9 cm³/mol. The van der Waals surface area contributed by atoms with Gasteiger partial charge in [-0.1, -0.05) is 19.9 Å². The van der Waals surface area contributed by atoms with Gasteiger partial charge < -0.3 is 5.32 Å². The molecule has 0 aliphatic rings. The van der Waals surface area contributed by atoms with Gasteiger partial charge in [-0.15, -0.1) is 0 Å². The predicted octanol–water partition coefficient (Wildman–Crippen LogP) is 2.48. The summed E-state index contributed by atoms with van der Waals surface area (Å²) >= 11 is 0. The third kappa shape index (κ3) is 3.65. The van der Waals surface area contributed by atoms with Gasteiger partial charge in [0, 0.05) is 11.1 Å². The van der Waals surface area contributed by atoms with Crippen LogP contribution < -0.4 is 5.32 Å². The Morgan fingerprint density at radius 3 is 2.42 bits per heavy atom. The number of rotatable bonds is 4. The fourth-order valence-corrected chi connectivity index (χ4v) is 1.72. The van der Waals surface area contributed by atoms with Crippen molar-refractivity contribution in [2.75, 3.05) is 0 Å². The van der Waals surface area contributed by atoms with E-state index in [1.807, 2.05) is 20.8 Å². The molecular formula is C15H18N2O2. The molecule has 1 N–H and O–H groups in total. The zero-order valence-corrected chi connectivity index (χ0v) is 11.7. The third-order valence-electron chi connectivity index (χ3n) is 2.97. The highest BCUT2D eigenvalue weighted by Gasteiger charge is 2.17. The molecular weight excluding hydrogens is 240 g/mol. The number of hydrogen-bond acceptors (Lipinski definition) is 3. The second kappa shape index (κ2) is 6.14. The van der Waals surface area contributed by atoms with E-state index in [1.54, 1.807) is 18.2 Å². The average molecular weight is 258 g/mol. The lowest BCUT2D eigenvalue weighted by molar-refractivity contribution is 0.0937. The van der Waals surface area contributed by atoms with Crippen molar-refractivity contribution in [3.05, 3.63) is 34.9 Å². The van der Waals surface area contributed by atoms with Crippen LogP contribution in [0.5, 0.6) is 0 Å². The van der Waals surface area contributed by atoms with Crippen LogP contribution in [-0.4, -0.2) is 17.7 Å². The molecule has 0 saturated heterocycles. The molecule has 0 heterocycles. The number of carbonyl (C=O) groups excluding carboxylic acids is 2. The van der Waals surface area contributed by atoms with Gasteiger partial charge in [-0.3, -0.25) is 9.59 Å². The Hall–Kier alpha value is -2.15. The first-order chi connectivity index (χ1) is 8.86. The molecule has 0 radical (unpaired) electrons. The number of nitrogens with one attached hydrogen (secondary N) is 1. The number of nitrogens with zero attached hydrogens (tertiary/aromatic N) is 1. The summed E-state index contributed by atoms with van der Waals surface area (Å²) in [7, 11) is 0. The summed E-state index contributed by atoms with van der Waals surface area (Å²) in [6.45, 7) is 7.02. The van der Waals surface area contributed by atoms with Crippen LogP contribution in [0, 0.1) is 24.2 Å². The minimum absolute atomic E-state index is 0.0340. The highest BCUT2D eigenvalue weighted by atomic mass is 16.1. The van der Waals surface area contributed by atoms with Crippen molar-refractivity contribution >= 4 is 11.7 Å². The van der Waals surface area contributed by atoms with E-state index in [-0.39, 0.29) is 17.6 Å². The number of benzene rings is 1. The van der Waals surface area contributed by atoms with Crippen molar-refractivity contribution in [3.8, 4) is 6.07 Å². The van der Waals surface area contributed by atoms with Crippen LogP contribution in [-0.2, 0) is 0 Å². The standard InChI is InChI=1S/C15H18N2O2/c1-9(2)14(8-16)17-15(19)12-6-5-10(3)13(7-12)11(4)18/h5-7,9,14H,1-4H3,(H,17,19)/t14-/m0/s1. The summed E-state index contributed by atoms with van der Waals surface area (Å²) in [5.41, 5.74) is 1.77. The van der Waals surface area contributed by atoms with E-state index in [2.05, 4.69) is 11.4 Å². The van der Waals surface area contributed by atoms with Crippen LogP contribution in [0.25, 0.3) is 0 Å². The van der Waals surface area contributed by atoms with Gasteiger partial charge in [0.25, 0.3) is 5.91 Å². The highest BCUT2D eigenvalue weighted by Crippen LogP contribution is 2.12. The first-order valence-corrected chi connectivity index (χ1v) is 6.19. The van der Waals surface area contributed by atoms with Crippen LogP contribution in [0.1, 0.15) is 47.1 Å². The zero-order chi connectivity index (χ0) is 14.6. The molecule has 0 spiro atoms. The van der Waals surface area contributed by atoms with Crippen molar-refractivity contribution in [1.29, 1.82) is 5.26 Å². The van der Waals surface area contributed by atoms with Gasteiger partial charge in [-0.2, -0.15) is 5.26 Å². The van der Waals surface area contributed by atoms with E-state index in [0.29, 0.717) is 11.1 Å². The molecule has 0 aromatic heterocycles. The van der Waals surface area contributed by atoms with Crippen molar-refractivity contribution in [2.24, 2.45) is 5.92 Å². The largest absolute Gasteiger partial charge is 0.336 e. The number of amides is 1. The lowest BCUT2D eigenvalue weighted by atomic mass is 10.0. The Labute approximate surface area is 113 Å². The van der Waals surface area contributed by atoms with E-state index in [4.69, 9.17) is 5.26 Å². The lowest BCUT2D eigenvalue weighted by Gasteiger charge is -2.15. The van der Waals surface area contributed by atoms with Crippen LogP contribution >= 0.6 is 0 Å². The molecule has 4 heteroatoms. The Morgan fingerprint density at radius 1 is 1.32 bits per heavy atom. The summed E-state index contributed by atoms with van der Waals surface area (Å²) in [5, 5.41) is 11.6. The fraction of sp³-hybridized carbons (Fsp3) is 0.400. The third-order valence-corrected chi connectivity index (χ3v) is 2.97. The highest BCUT2D eigenvalue weighted by molar-refractivity contribution is 6.00. The number of carbonyl (C=O) groups is 2. The minimum Gasteiger partial charge on any atom is -0.336 e.